The third-order valence-corrected chi connectivity index (χ3v) is 2.77. The lowest BCUT2D eigenvalue weighted by atomic mass is 9.89. The lowest BCUT2D eigenvalue weighted by Crippen LogP contribution is -2.36. The standard InChI is InChI=1S/C11H12F2O/c12-10(13)11(14,9-6-7-9)8-4-2-1-3-5-8/h1-5,9-10,14H,6-7H2. The van der Waals surface area contributed by atoms with Gasteiger partial charge in [0.25, 0.3) is 6.43 Å². The first-order valence-electron chi connectivity index (χ1n) is 4.71. The summed E-state index contributed by atoms with van der Waals surface area (Å²) in [5, 5.41) is 9.95. The normalized spacial score (nSPS) is 20.9. The molecule has 1 N–H and O–H groups in total. The van der Waals surface area contributed by atoms with Gasteiger partial charge in [0.05, 0.1) is 0 Å². The van der Waals surface area contributed by atoms with E-state index in [1.54, 1.807) is 30.3 Å². The Hall–Kier alpha value is -0.960. The number of hydrogen-bond donors (Lipinski definition) is 1. The largest absolute Gasteiger partial charge is 0.379 e. The topological polar surface area (TPSA) is 20.2 Å². The first kappa shape index (κ1) is 9.59. The molecule has 0 amide bonds. The van der Waals surface area contributed by atoms with Crippen molar-refractivity contribution in [2.75, 3.05) is 0 Å². The van der Waals surface area contributed by atoms with Crippen LogP contribution in [0.15, 0.2) is 30.3 Å². The second-order valence-electron chi connectivity index (χ2n) is 3.77. The van der Waals surface area contributed by atoms with Crippen molar-refractivity contribution in [3.05, 3.63) is 35.9 Å². The molecule has 1 saturated carbocycles. The number of aliphatic hydroxyl groups is 1. The van der Waals surface area contributed by atoms with E-state index in [-0.39, 0.29) is 5.92 Å². The average molecular weight is 198 g/mol. The van der Waals surface area contributed by atoms with Crippen molar-refractivity contribution in [1.82, 2.24) is 0 Å². The van der Waals surface area contributed by atoms with Gasteiger partial charge in [0.15, 0.2) is 5.60 Å². The molecule has 1 aromatic carbocycles. The van der Waals surface area contributed by atoms with Crippen LogP contribution in [0, 0.1) is 5.92 Å². The molecule has 0 radical (unpaired) electrons. The monoisotopic (exact) mass is 198 g/mol. The lowest BCUT2D eigenvalue weighted by Gasteiger charge is -2.27. The van der Waals surface area contributed by atoms with Gasteiger partial charge in [0, 0.05) is 0 Å². The molecule has 0 saturated heterocycles. The summed E-state index contributed by atoms with van der Waals surface area (Å²) in [6, 6.07) is 8.22. The molecule has 76 valence electrons. The number of halogens is 2. The minimum absolute atomic E-state index is 0.273. The van der Waals surface area contributed by atoms with Gasteiger partial charge in [0.1, 0.15) is 0 Å². The van der Waals surface area contributed by atoms with Crippen molar-refractivity contribution in [2.24, 2.45) is 5.92 Å². The van der Waals surface area contributed by atoms with E-state index < -0.39 is 12.0 Å². The maximum absolute atomic E-state index is 12.8. The van der Waals surface area contributed by atoms with Gasteiger partial charge in [-0.05, 0) is 24.3 Å². The zero-order chi connectivity index (χ0) is 10.2. The van der Waals surface area contributed by atoms with E-state index in [9.17, 15) is 13.9 Å². The number of benzene rings is 1. The number of rotatable bonds is 3. The SMILES string of the molecule is OC(c1ccccc1)(C(F)F)C1CC1. The van der Waals surface area contributed by atoms with Crippen LogP contribution in [0.2, 0.25) is 0 Å². The molecule has 0 spiro atoms. The fourth-order valence-corrected chi connectivity index (χ4v) is 1.77. The third-order valence-electron chi connectivity index (χ3n) is 2.77. The molecule has 14 heavy (non-hydrogen) atoms. The molecule has 1 nitrogen and oxygen atoms in total. The van der Waals surface area contributed by atoms with E-state index in [0.717, 1.165) is 0 Å². The van der Waals surface area contributed by atoms with Gasteiger partial charge in [-0.1, -0.05) is 30.3 Å². The van der Waals surface area contributed by atoms with Gasteiger partial charge in [-0.3, -0.25) is 0 Å². The molecule has 1 aliphatic carbocycles. The Kier molecular flexibility index (Phi) is 2.27. The highest BCUT2D eigenvalue weighted by Crippen LogP contribution is 2.48. The number of hydrogen-bond acceptors (Lipinski definition) is 1. The van der Waals surface area contributed by atoms with Gasteiger partial charge in [-0.2, -0.15) is 0 Å². The fraction of sp³-hybridized carbons (Fsp3) is 0.455. The second-order valence-corrected chi connectivity index (χ2v) is 3.77. The molecule has 1 atom stereocenters. The fourth-order valence-electron chi connectivity index (χ4n) is 1.77. The van der Waals surface area contributed by atoms with E-state index in [1.807, 2.05) is 0 Å². The molecule has 0 heterocycles. The Morgan fingerprint density at radius 3 is 2.21 bits per heavy atom. The smallest absolute Gasteiger partial charge is 0.271 e. The molecule has 0 aliphatic heterocycles. The Labute approximate surface area is 81.4 Å². The first-order chi connectivity index (χ1) is 6.65. The summed E-state index contributed by atoms with van der Waals surface area (Å²) in [7, 11) is 0. The summed E-state index contributed by atoms with van der Waals surface area (Å²) < 4.78 is 25.6. The predicted molar refractivity (Wildman–Crippen MR) is 49.1 cm³/mol. The first-order valence-corrected chi connectivity index (χ1v) is 4.71. The summed E-state index contributed by atoms with van der Waals surface area (Å²) >= 11 is 0. The van der Waals surface area contributed by atoms with E-state index in [4.69, 9.17) is 0 Å². The van der Waals surface area contributed by atoms with Crippen LogP contribution >= 0.6 is 0 Å². The van der Waals surface area contributed by atoms with Crippen LogP contribution < -0.4 is 0 Å². The zero-order valence-corrected chi connectivity index (χ0v) is 7.66. The van der Waals surface area contributed by atoms with Gasteiger partial charge < -0.3 is 5.11 Å². The molecule has 2 rings (SSSR count). The molecule has 1 aliphatic rings. The van der Waals surface area contributed by atoms with Crippen molar-refractivity contribution in [2.45, 2.75) is 24.9 Å². The van der Waals surface area contributed by atoms with Gasteiger partial charge in [0.2, 0.25) is 0 Å². The van der Waals surface area contributed by atoms with E-state index >= 15 is 0 Å². The molecule has 1 fully saturated rings. The minimum Gasteiger partial charge on any atom is -0.379 e. The van der Waals surface area contributed by atoms with Crippen molar-refractivity contribution in [3.8, 4) is 0 Å². The van der Waals surface area contributed by atoms with Crippen molar-refractivity contribution >= 4 is 0 Å². The van der Waals surface area contributed by atoms with Crippen LogP contribution in [0.25, 0.3) is 0 Å². The highest BCUT2D eigenvalue weighted by atomic mass is 19.3. The third kappa shape index (κ3) is 1.42. The Balaban J connectivity index is 2.36. The molecule has 3 heteroatoms. The summed E-state index contributed by atoms with van der Waals surface area (Å²) in [6.45, 7) is 0. The molecular formula is C11H12F2O. The Morgan fingerprint density at radius 1 is 1.21 bits per heavy atom. The molecular weight excluding hydrogens is 186 g/mol. The van der Waals surface area contributed by atoms with Crippen LogP contribution in [0.3, 0.4) is 0 Å². The van der Waals surface area contributed by atoms with Crippen LogP contribution in [0.5, 0.6) is 0 Å². The van der Waals surface area contributed by atoms with Gasteiger partial charge in [-0.15, -0.1) is 0 Å². The Bertz CT molecular complexity index is 304. The summed E-state index contributed by atoms with van der Waals surface area (Å²) in [4.78, 5) is 0. The van der Waals surface area contributed by atoms with Crippen LogP contribution in [-0.4, -0.2) is 11.5 Å². The highest BCUT2D eigenvalue weighted by molar-refractivity contribution is 5.25. The molecule has 1 unspecified atom stereocenters. The van der Waals surface area contributed by atoms with E-state index in [0.29, 0.717) is 18.4 Å². The molecule has 0 aromatic heterocycles. The number of alkyl halides is 2. The van der Waals surface area contributed by atoms with Crippen molar-refractivity contribution in [3.63, 3.8) is 0 Å². The van der Waals surface area contributed by atoms with Crippen LogP contribution in [0.1, 0.15) is 18.4 Å². The summed E-state index contributed by atoms with van der Waals surface area (Å²) in [5.74, 6) is -0.273. The maximum Gasteiger partial charge on any atom is 0.271 e. The van der Waals surface area contributed by atoms with E-state index in [1.165, 1.54) is 0 Å². The Morgan fingerprint density at radius 2 is 1.79 bits per heavy atom. The maximum atomic E-state index is 12.8. The second kappa shape index (κ2) is 3.31. The van der Waals surface area contributed by atoms with Gasteiger partial charge in [-0.25, -0.2) is 8.78 Å². The van der Waals surface area contributed by atoms with Crippen molar-refractivity contribution < 1.29 is 13.9 Å². The van der Waals surface area contributed by atoms with Crippen LogP contribution in [-0.2, 0) is 5.60 Å². The highest BCUT2D eigenvalue weighted by Gasteiger charge is 2.51. The quantitative estimate of drug-likeness (QED) is 0.791. The zero-order valence-electron chi connectivity index (χ0n) is 7.66. The van der Waals surface area contributed by atoms with Crippen LogP contribution in [0.4, 0.5) is 8.78 Å². The molecule has 0 bridgehead atoms. The average Bonchev–Trinajstić information content (AvgIpc) is 3.01. The summed E-state index contributed by atoms with van der Waals surface area (Å²) in [5.41, 5.74) is -1.60. The summed E-state index contributed by atoms with van der Waals surface area (Å²) in [6.07, 6.45) is -1.33. The van der Waals surface area contributed by atoms with Gasteiger partial charge >= 0.3 is 0 Å². The van der Waals surface area contributed by atoms with E-state index in [2.05, 4.69) is 0 Å². The predicted octanol–water partition coefficient (Wildman–Crippen LogP) is 2.55. The van der Waals surface area contributed by atoms with Crippen molar-refractivity contribution in [1.29, 1.82) is 0 Å². The lowest BCUT2D eigenvalue weighted by molar-refractivity contribution is -0.117. The minimum atomic E-state index is -2.71. The molecule has 1 aromatic rings.